The predicted molar refractivity (Wildman–Crippen MR) is 86.1 cm³/mol. The first-order chi connectivity index (χ1) is 11.7. The van der Waals surface area contributed by atoms with Gasteiger partial charge < -0.3 is 9.05 Å². The van der Waals surface area contributed by atoms with Crippen LogP contribution in [-0.4, -0.2) is 23.3 Å². The van der Waals surface area contributed by atoms with Gasteiger partial charge in [-0.15, -0.1) is 0 Å². The van der Waals surface area contributed by atoms with Crippen LogP contribution in [0, 0.1) is 5.82 Å². The van der Waals surface area contributed by atoms with Crippen molar-refractivity contribution in [2.75, 3.05) is 13.2 Å². The summed E-state index contributed by atoms with van der Waals surface area (Å²) < 4.78 is 62.3. The van der Waals surface area contributed by atoms with Gasteiger partial charge in [-0.3, -0.25) is 4.57 Å². The summed E-state index contributed by atoms with van der Waals surface area (Å²) in [6.07, 6.45) is -0.155. The van der Waals surface area contributed by atoms with Gasteiger partial charge in [0.25, 0.3) is 7.52 Å². The van der Waals surface area contributed by atoms with Crippen molar-refractivity contribution in [1.82, 2.24) is 15.2 Å². The molecule has 0 fully saturated rings. The van der Waals surface area contributed by atoms with E-state index in [4.69, 9.17) is 16.1 Å². The average molecular weight is 398 g/mol. The van der Waals surface area contributed by atoms with Crippen molar-refractivity contribution in [2.24, 2.45) is 0 Å². The number of benzene rings is 1. The second-order valence-electron chi connectivity index (χ2n) is 4.99. The first kappa shape index (κ1) is 19.9. The van der Waals surface area contributed by atoms with Gasteiger partial charge in [0.05, 0.1) is 12.8 Å². The van der Waals surface area contributed by atoms with Crippen molar-refractivity contribution in [2.45, 2.75) is 25.4 Å². The Labute approximate surface area is 147 Å². The lowest BCUT2D eigenvalue weighted by atomic mass is 10.1. The van der Waals surface area contributed by atoms with Gasteiger partial charge in [0.2, 0.25) is 5.82 Å². The highest BCUT2D eigenvalue weighted by atomic mass is 35.5. The molecule has 138 valence electrons. The highest BCUT2D eigenvalue weighted by Crippen LogP contribution is 2.46. The molecule has 11 heteroatoms. The number of hydrogen-bond donors (Lipinski definition) is 1. The molecule has 1 aromatic carbocycles. The molecule has 0 radical (unpaired) electrons. The summed E-state index contributed by atoms with van der Waals surface area (Å²) in [4.78, 5) is 3.44. The Balaban J connectivity index is 2.26. The second-order valence-corrected chi connectivity index (χ2v) is 7.70. The zero-order valence-electron chi connectivity index (χ0n) is 13.4. The number of rotatable bonds is 8. The molecule has 1 aromatic heterocycles. The monoisotopic (exact) mass is 397 g/mol. The van der Waals surface area contributed by atoms with E-state index >= 15 is 0 Å². The van der Waals surface area contributed by atoms with E-state index in [0.717, 1.165) is 6.07 Å². The quantitative estimate of drug-likeness (QED) is 0.522. The first-order valence-electron chi connectivity index (χ1n) is 7.37. The molecule has 1 N–H and O–H groups in total. The largest absolute Gasteiger partial charge is 0.400 e. The van der Waals surface area contributed by atoms with Gasteiger partial charge in [-0.1, -0.05) is 24.2 Å². The molecule has 2 aromatic rings. The molecule has 0 aliphatic carbocycles. The fraction of sp³-hybridized carbons (Fsp3) is 0.429. The third-order valence-corrected chi connectivity index (χ3v) is 5.49. The van der Waals surface area contributed by atoms with Crippen LogP contribution in [0.5, 0.6) is 0 Å². The minimum Gasteiger partial charge on any atom is -0.331 e. The summed E-state index contributed by atoms with van der Waals surface area (Å²) in [5.74, 6) is -2.01. The second kappa shape index (κ2) is 7.86. The van der Waals surface area contributed by atoms with Crippen molar-refractivity contribution in [3.8, 4) is 11.4 Å². The number of hydrogen-bond acceptors (Lipinski definition) is 5. The molecule has 0 saturated carbocycles. The minimum absolute atomic E-state index is 0.117. The highest BCUT2D eigenvalue weighted by Gasteiger charge is 2.35. The fourth-order valence-corrected chi connectivity index (χ4v) is 4.07. The number of halogens is 4. The van der Waals surface area contributed by atoms with Crippen molar-refractivity contribution >= 4 is 19.1 Å². The average Bonchev–Trinajstić information content (AvgIpc) is 3.00. The Morgan fingerprint density at radius 2 is 2.12 bits per heavy atom. The standard InChI is InChI=1S/C14H16ClF3N3O3P/c1-3-19-25(22,23-4-2)8-10-6-5-9(7-11(10)16)12-20-13(24-21-12)14(15,17)18/h5-7H,3-4,8H2,1-2H3,(H,19,22). The maximum absolute atomic E-state index is 14.3. The van der Waals surface area contributed by atoms with E-state index < -0.39 is 24.6 Å². The molecule has 1 atom stereocenters. The predicted octanol–water partition coefficient (Wildman–Crippen LogP) is 4.50. The first-order valence-corrected chi connectivity index (χ1v) is 9.55. The lowest BCUT2D eigenvalue weighted by Crippen LogP contribution is -2.14. The van der Waals surface area contributed by atoms with Crippen LogP contribution in [0.25, 0.3) is 11.4 Å². The van der Waals surface area contributed by atoms with Crippen LogP contribution >= 0.6 is 19.1 Å². The van der Waals surface area contributed by atoms with Crippen LogP contribution in [0.4, 0.5) is 13.2 Å². The molecule has 0 spiro atoms. The van der Waals surface area contributed by atoms with E-state index in [1.165, 1.54) is 12.1 Å². The molecular weight excluding hydrogens is 382 g/mol. The van der Waals surface area contributed by atoms with E-state index in [0.29, 0.717) is 6.54 Å². The smallest absolute Gasteiger partial charge is 0.331 e. The Kier molecular flexibility index (Phi) is 6.26. The summed E-state index contributed by atoms with van der Waals surface area (Å²) in [6.45, 7) is 4.05. The molecule has 0 aliphatic heterocycles. The van der Waals surface area contributed by atoms with E-state index in [1.807, 2.05) is 0 Å². The lowest BCUT2D eigenvalue weighted by molar-refractivity contribution is 0.0551. The van der Waals surface area contributed by atoms with Crippen LogP contribution in [0.2, 0.25) is 0 Å². The SMILES string of the molecule is CCNP(=O)(Cc1ccc(-c2noc(C(F)(F)Cl)n2)cc1F)OCC. The normalized spacial score (nSPS) is 14.5. The number of alkyl halides is 3. The number of nitrogens with one attached hydrogen (secondary N) is 1. The van der Waals surface area contributed by atoms with Gasteiger partial charge >= 0.3 is 11.3 Å². The van der Waals surface area contributed by atoms with Gasteiger partial charge in [0, 0.05) is 12.1 Å². The van der Waals surface area contributed by atoms with E-state index in [-0.39, 0.29) is 29.7 Å². The minimum atomic E-state index is -3.81. The van der Waals surface area contributed by atoms with Gasteiger partial charge in [-0.2, -0.15) is 13.8 Å². The van der Waals surface area contributed by atoms with Crippen LogP contribution in [0.15, 0.2) is 22.7 Å². The fourth-order valence-electron chi connectivity index (χ4n) is 2.09. The summed E-state index contributed by atoms with van der Waals surface area (Å²) in [5.41, 5.74) is 0.264. The number of nitrogens with zero attached hydrogens (tertiary/aromatic N) is 2. The third-order valence-electron chi connectivity index (χ3n) is 3.09. The Hall–Kier alpha value is -1.41. The van der Waals surface area contributed by atoms with E-state index in [9.17, 15) is 17.7 Å². The molecule has 25 heavy (non-hydrogen) atoms. The molecule has 1 unspecified atom stereocenters. The third kappa shape index (κ3) is 5.04. The van der Waals surface area contributed by atoms with Crippen molar-refractivity contribution in [3.05, 3.63) is 35.5 Å². The topological polar surface area (TPSA) is 77.3 Å². The molecule has 0 saturated heterocycles. The molecular formula is C14H16ClF3N3O3P. The summed E-state index contributed by atoms with van der Waals surface area (Å²) in [6, 6.07) is 3.81. The van der Waals surface area contributed by atoms with Crippen LogP contribution < -0.4 is 5.09 Å². The van der Waals surface area contributed by atoms with Crippen molar-refractivity contribution in [1.29, 1.82) is 0 Å². The summed E-state index contributed by atoms with van der Waals surface area (Å²) >= 11 is 4.79. The Bertz CT molecular complexity index is 772. The van der Waals surface area contributed by atoms with Gasteiger partial charge in [0.1, 0.15) is 5.82 Å². The van der Waals surface area contributed by atoms with Crippen LogP contribution in [-0.2, 0) is 20.6 Å². The molecule has 1 heterocycles. The zero-order valence-corrected chi connectivity index (χ0v) is 15.1. The zero-order chi connectivity index (χ0) is 18.7. The molecule has 0 amide bonds. The van der Waals surface area contributed by atoms with Crippen molar-refractivity contribution < 1.29 is 26.8 Å². The summed E-state index contributed by atoms with van der Waals surface area (Å²) in [5, 5.41) is 2.27. The maximum atomic E-state index is 14.3. The summed E-state index contributed by atoms with van der Waals surface area (Å²) in [7, 11) is -3.23. The van der Waals surface area contributed by atoms with Crippen LogP contribution in [0.3, 0.4) is 0 Å². The maximum Gasteiger partial charge on any atom is 0.400 e. The van der Waals surface area contributed by atoms with E-state index in [1.54, 1.807) is 13.8 Å². The molecule has 0 aliphatic rings. The van der Waals surface area contributed by atoms with Gasteiger partial charge in [-0.05, 0) is 30.2 Å². The van der Waals surface area contributed by atoms with Crippen LogP contribution in [0.1, 0.15) is 25.3 Å². The lowest BCUT2D eigenvalue weighted by Gasteiger charge is -2.18. The number of aromatic nitrogens is 2. The highest BCUT2D eigenvalue weighted by molar-refractivity contribution is 7.56. The Morgan fingerprint density at radius 1 is 1.40 bits per heavy atom. The Morgan fingerprint density at radius 3 is 2.64 bits per heavy atom. The molecule has 6 nitrogen and oxygen atoms in total. The van der Waals surface area contributed by atoms with E-state index in [2.05, 4.69) is 19.8 Å². The molecule has 0 bridgehead atoms. The van der Waals surface area contributed by atoms with Crippen molar-refractivity contribution in [3.63, 3.8) is 0 Å². The molecule has 2 rings (SSSR count). The van der Waals surface area contributed by atoms with Gasteiger partial charge in [-0.25, -0.2) is 9.48 Å². The van der Waals surface area contributed by atoms with Gasteiger partial charge in [0.15, 0.2) is 0 Å².